The van der Waals surface area contributed by atoms with Crippen LogP contribution >= 0.6 is 0 Å². The van der Waals surface area contributed by atoms with Gasteiger partial charge in [0.05, 0.1) is 12.3 Å². The Hall–Kier alpha value is -1.29. The Bertz CT molecular complexity index is 284. The van der Waals surface area contributed by atoms with Crippen LogP contribution < -0.4 is 10.5 Å². The van der Waals surface area contributed by atoms with Crippen LogP contribution in [-0.4, -0.2) is 19.8 Å². The van der Waals surface area contributed by atoms with Gasteiger partial charge in [-0.25, -0.2) is 4.39 Å². The van der Waals surface area contributed by atoms with Crippen molar-refractivity contribution in [2.45, 2.75) is 13.3 Å². The molecule has 1 aromatic carbocycles. The molecule has 4 heteroatoms. The average Bonchev–Trinajstić information content (AvgIpc) is 2.21. The van der Waals surface area contributed by atoms with E-state index in [1.807, 2.05) is 6.92 Å². The van der Waals surface area contributed by atoms with Crippen molar-refractivity contribution in [3.05, 3.63) is 24.0 Å². The monoisotopic (exact) mass is 213 g/mol. The molecule has 3 nitrogen and oxygen atoms in total. The molecule has 0 bridgehead atoms. The van der Waals surface area contributed by atoms with Crippen LogP contribution in [0.2, 0.25) is 0 Å². The highest BCUT2D eigenvalue weighted by Crippen LogP contribution is 2.24. The summed E-state index contributed by atoms with van der Waals surface area (Å²) in [5.74, 6) is -0.330. The van der Waals surface area contributed by atoms with Gasteiger partial charge in [0.1, 0.15) is 6.61 Å². The van der Waals surface area contributed by atoms with Gasteiger partial charge in [0.15, 0.2) is 11.6 Å². The van der Waals surface area contributed by atoms with Gasteiger partial charge in [0.2, 0.25) is 0 Å². The standard InChI is InChI=1S/C11H16FNO2/c1-2-6-14-7-8-15-11-9(12)4-3-5-10(11)13/h3-5H,2,6-8,13H2,1H3. The molecule has 0 fully saturated rings. The van der Waals surface area contributed by atoms with Crippen LogP contribution in [0.15, 0.2) is 18.2 Å². The first-order valence-corrected chi connectivity index (χ1v) is 5.00. The summed E-state index contributed by atoms with van der Waals surface area (Å²) in [6.45, 7) is 3.47. The van der Waals surface area contributed by atoms with Gasteiger partial charge in [-0.3, -0.25) is 0 Å². The molecule has 0 aliphatic rings. The Kier molecular flexibility index (Phi) is 4.90. The highest BCUT2D eigenvalue weighted by atomic mass is 19.1. The third-order valence-corrected chi connectivity index (χ3v) is 1.82. The fourth-order valence-corrected chi connectivity index (χ4v) is 1.13. The quantitative estimate of drug-likeness (QED) is 0.582. The molecule has 15 heavy (non-hydrogen) atoms. The molecule has 0 radical (unpaired) electrons. The van der Waals surface area contributed by atoms with Gasteiger partial charge >= 0.3 is 0 Å². The van der Waals surface area contributed by atoms with Crippen molar-refractivity contribution in [1.82, 2.24) is 0 Å². The van der Waals surface area contributed by atoms with Crippen LogP contribution in [0.3, 0.4) is 0 Å². The maximum absolute atomic E-state index is 13.2. The molecule has 0 aliphatic heterocycles. The Morgan fingerprint density at radius 2 is 2.07 bits per heavy atom. The first-order chi connectivity index (χ1) is 7.25. The lowest BCUT2D eigenvalue weighted by molar-refractivity contribution is 0.0994. The Labute approximate surface area is 89.0 Å². The second-order valence-corrected chi connectivity index (χ2v) is 3.12. The molecule has 2 N–H and O–H groups in total. The number of anilines is 1. The first kappa shape index (κ1) is 11.8. The summed E-state index contributed by atoms with van der Waals surface area (Å²) in [5.41, 5.74) is 5.87. The topological polar surface area (TPSA) is 44.5 Å². The van der Waals surface area contributed by atoms with Crippen LogP contribution in [0.1, 0.15) is 13.3 Å². The predicted octanol–water partition coefficient (Wildman–Crippen LogP) is 2.21. The molecule has 0 unspecified atom stereocenters. The maximum atomic E-state index is 13.2. The van der Waals surface area contributed by atoms with Crippen LogP contribution in [-0.2, 0) is 4.74 Å². The molecular weight excluding hydrogens is 197 g/mol. The summed E-state index contributed by atoms with van der Waals surface area (Å²) in [7, 11) is 0. The van der Waals surface area contributed by atoms with Crippen LogP contribution in [0.25, 0.3) is 0 Å². The van der Waals surface area contributed by atoms with E-state index in [1.165, 1.54) is 6.07 Å². The Morgan fingerprint density at radius 1 is 1.27 bits per heavy atom. The van der Waals surface area contributed by atoms with Crippen molar-refractivity contribution in [1.29, 1.82) is 0 Å². The normalized spacial score (nSPS) is 10.3. The smallest absolute Gasteiger partial charge is 0.177 e. The Morgan fingerprint density at radius 3 is 2.73 bits per heavy atom. The molecule has 0 saturated heterocycles. The number of ether oxygens (including phenoxy) is 2. The zero-order chi connectivity index (χ0) is 11.1. The number of rotatable bonds is 6. The molecule has 0 saturated carbocycles. The lowest BCUT2D eigenvalue weighted by Gasteiger charge is -2.09. The van der Waals surface area contributed by atoms with E-state index in [-0.39, 0.29) is 5.75 Å². The zero-order valence-electron chi connectivity index (χ0n) is 8.83. The minimum Gasteiger partial charge on any atom is -0.486 e. The third kappa shape index (κ3) is 3.75. The molecule has 0 aromatic heterocycles. The highest BCUT2D eigenvalue weighted by Gasteiger charge is 2.06. The molecule has 0 atom stereocenters. The van der Waals surface area contributed by atoms with E-state index in [2.05, 4.69) is 0 Å². The molecule has 0 amide bonds. The van der Waals surface area contributed by atoms with Crippen LogP contribution in [0.5, 0.6) is 5.75 Å². The first-order valence-electron chi connectivity index (χ1n) is 5.00. The summed E-state index contributed by atoms with van der Waals surface area (Å²) in [6.07, 6.45) is 0.960. The molecule has 84 valence electrons. The summed E-state index contributed by atoms with van der Waals surface area (Å²) >= 11 is 0. The van der Waals surface area contributed by atoms with Crippen molar-refractivity contribution in [2.24, 2.45) is 0 Å². The van der Waals surface area contributed by atoms with Crippen LogP contribution in [0.4, 0.5) is 10.1 Å². The fraction of sp³-hybridized carbons (Fsp3) is 0.455. The number of nitrogens with two attached hydrogens (primary N) is 1. The molecule has 0 spiro atoms. The second kappa shape index (κ2) is 6.24. The minimum absolute atomic E-state index is 0.109. The number of benzene rings is 1. The lowest BCUT2D eigenvalue weighted by atomic mass is 10.3. The minimum atomic E-state index is -0.439. The highest BCUT2D eigenvalue weighted by molar-refractivity contribution is 5.52. The number of halogens is 1. The fourth-order valence-electron chi connectivity index (χ4n) is 1.13. The summed E-state index contributed by atoms with van der Waals surface area (Å²) in [4.78, 5) is 0. The molecule has 0 heterocycles. The maximum Gasteiger partial charge on any atom is 0.177 e. The predicted molar refractivity (Wildman–Crippen MR) is 57.4 cm³/mol. The third-order valence-electron chi connectivity index (χ3n) is 1.82. The van der Waals surface area contributed by atoms with Gasteiger partial charge in [-0.05, 0) is 18.6 Å². The zero-order valence-corrected chi connectivity index (χ0v) is 8.83. The molecule has 0 aliphatic carbocycles. The van der Waals surface area contributed by atoms with E-state index in [9.17, 15) is 4.39 Å². The number of hydrogen-bond acceptors (Lipinski definition) is 3. The van der Waals surface area contributed by atoms with Gasteiger partial charge in [0, 0.05) is 6.61 Å². The largest absolute Gasteiger partial charge is 0.486 e. The molecule has 1 aromatic rings. The van der Waals surface area contributed by atoms with Crippen molar-refractivity contribution in [2.75, 3.05) is 25.6 Å². The Balaban J connectivity index is 2.37. The van der Waals surface area contributed by atoms with Crippen LogP contribution in [0, 0.1) is 5.82 Å². The van der Waals surface area contributed by atoms with Gasteiger partial charge in [-0.1, -0.05) is 13.0 Å². The van der Waals surface area contributed by atoms with Gasteiger partial charge in [0.25, 0.3) is 0 Å². The second-order valence-electron chi connectivity index (χ2n) is 3.12. The van der Waals surface area contributed by atoms with Crippen molar-refractivity contribution in [3.8, 4) is 5.75 Å². The van der Waals surface area contributed by atoms with E-state index >= 15 is 0 Å². The van der Waals surface area contributed by atoms with E-state index in [1.54, 1.807) is 12.1 Å². The number of hydrogen-bond donors (Lipinski definition) is 1. The van der Waals surface area contributed by atoms with Gasteiger partial charge < -0.3 is 15.2 Å². The summed E-state index contributed by atoms with van der Waals surface area (Å²) < 4.78 is 23.6. The van der Waals surface area contributed by atoms with Crippen molar-refractivity contribution < 1.29 is 13.9 Å². The van der Waals surface area contributed by atoms with Crippen molar-refractivity contribution >= 4 is 5.69 Å². The average molecular weight is 213 g/mol. The van der Waals surface area contributed by atoms with E-state index in [4.69, 9.17) is 15.2 Å². The summed E-state index contributed by atoms with van der Waals surface area (Å²) in [6, 6.07) is 4.47. The SMILES string of the molecule is CCCOCCOc1c(N)cccc1F. The summed E-state index contributed by atoms with van der Waals surface area (Å²) in [5, 5.41) is 0. The van der Waals surface area contributed by atoms with Gasteiger partial charge in [-0.15, -0.1) is 0 Å². The molecule has 1 rings (SSSR count). The van der Waals surface area contributed by atoms with E-state index in [0.717, 1.165) is 6.42 Å². The van der Waals surface area contributed by atoms with E-state index in [0.29, 0.717) is 25.5 Å². The lowest BCUT2D eigenvalue weighted by Crippen LogP contribution is -2.09. The van der Waals surface area contributed by atoms with Crippen molar-refractivity contribution in [3.63, 3.8) is 0 Å². The van der Waals surface area contributed by atoms with E-state index < -0.39 is 5.82 Å². The van der Waals surface area contributed by atoms with Gasteiger partial charge in [-0.2, -0.15) is 0 Å². The number of para-hydroxylation sites is 1. The molecular formula is C11H16FNO2. The number of nitrogen functional groups attached to an aromatic ring is 1.